The summed E-state index contributed by atoms with van der Waals surface area (Å²) in [5.41, 5.74) is -0.749. The molecule has 0 aromatic heterocycles. The lowest BCUT2D eigenvalue weighted by molar-refractivity contribution is -0.149. The monoisotopic (exact) mass is 186 g/mol. The average Bonchev–Trinajstić information content (AvgIpc) is 1.81. The van der Waals surface area contributed by atoms with Crippen molar-refractivity contribution < 1.29 is 19.1 Å². The smallest absolute Gasteiger partial charge is 0.307 e. The molecule has 0 rings (SSSR count). The molecule has 0 amide bonds. The van der Waals surface area contributed by atoms with Crippen LogP contribution in [0.3, 0.4) is 0 Å². The SMILES string of the molecule is CC(=O)O/C=C\C(C)(C)OC(C)=O. The van der Waals surface area contributed by atoms with Crippen LogP contribution in [0.15, 0.2) is 12.3 Å². The Hall–Kier alpha value is -1.32. The molecule has 4 heteroatoms. The summed E-state index contributed by atoms with van der Waals surface area (Å²) >= 11 is 0. The van der Waals surface area contributed by atoms with E-state index in [-0.39, 0.29) is 5.97 Å². The van der Waals surface area contributed by atoms with Crippen LogP contribution in [0.4, 0.5) is 0 Å². The zero-order valence-corrected chi connectivity index (χ0v) is 8.29. The predicted octanol–water partition coefficient (Wildman–Crippen LogP) is 1.40. The third kappa shape index (κ3) is 7.05. The highest BCUT2D eigenvalue weighted by Crippen LogP contribution is 2.10. The Morgan fingerprint density at radius 3 is 2.08 bits per heavy atom. The van der Waals surface area contributed by atoms with Crippen LogP contribution >= 0.6 is 0 Å². The van der Waals surface area contributed by atoms with Gasteiger partial charge in [0.25, 0.3) is 0 Å². The Balaban J connectivity index is 4.07. The van der Waals surface area contributed by atoms with E-state index >= 15 is 0 Å². The van der Waals surface area contributed by atoms with Gasteiger partial charge in [0.1, 0.15) is 5.60 Å². The average molecular weight is 186 g/mol. The van der Waals surface area contributed by atoms with Crippen molar-refractivity contribution in [1.82, 2.24) is 0 Å². The van der Waals surface area contributed by atoms with Crippen LogP contribution in [-0.4, -0.2) is 17.5 Å². The van der Waals surface area contributed by atoms with Crippen molar-refractivity contribution in [3.63, 3.8) is 0 Å². The predicted molar refractivity (Wildman–Crippen MR) is 46.8 cm³/mol. The highest BCUT2D eigenvalue weighted by atomic mass is 16.6. The summed E-state index contributed by atoms with van der Waals surface area (Å²) in [7, 11) is 0. The largest absolute Gasteiger partial charge is 0.455 e. The van der Waals surface area contributed by atoms with Crippen molar-refractivity contribution >= 4 is 11.9 Å². The fourth-order valence-corrected chi connectivity index (χ4v) is 0.698. The van der Waals surface area contributed by atoms with Crippen molar-refractivity contribution in [2.75, 3.05) is 0 Å². The minimum absolute atomic E-state index is 0.377. The van der Waals surface area contributed by atoms with E-state index in [9.17, 15) is 9.59 Å². The number of ether oxygens (including phenoxy) is 2. The molecule has 0 radical (unpaired) electrons. The summed E-state index contributed by atoms with van der Waals surface area (Å²) in [6.45, 7) is 5.99. The van der Waals surface area contributed by atoms with Gasteiger partial charge in [-0.05, 0) is 19.9 Å². The van der Waals surface area contributed by atoms with Crippen molar-refractivity contribution in [2.45, 2.75) is 33.3 Å². The second-order valence-electron chi connectivity index (χ2n) is 3.11. The van der Waals surface area contributed by atoms with Gasteiger partial charge < -0.3 is 9.47 Å². The first kappa shape index (κ1) is 11.7. The molecule has 0 saturated carbocycles. The van der Waals surface area contributed by atoms with Crippen molar-refractivity contribution in [3.8, 4) is 0 Å². The van der Waals surface area contributed by atoms with Gasteiger partial charge in [0.2, 0.25) is 0 Å². The Morgan fingerprint density at radius 1 is 1.15 bits per heavy atom. The van der Waals surface area contributed by atoms with Gasteiger partial charge in [-0.3, -0.25) is 9.59 Å². The van der Waals surface area contributed by atoms with Crippen molar-refractivity contribution in [2.24, 2.45) is 0 Å². The van der Waals surface area contributed by atoms with Gasteiger partial charge in [-0.1, -0.05) is 0 Å². The van der Waals surface area contributed by atoms with E-state index in [1.54, 1.807) is 13.8 Å². The molecule has 0 aromatic carbocycles. The van der Waals surface area contributed by atoms with Crippen LogP contribution in [0.5, 0.6) is 0 Å². The summed E-state index contributed by atoms with van der Waals surface area (Å²) in [5, 5.41) is 0. The van der Waals surface area contributed by atoms with E-state index in [1.807, 2.05) is 0 Å². The standard InChI is InChI=1S/C9H14O4/c1-7(10)12-6-5-9(3,4)13-8(2)11/h5-6H,1-4H3/b6-5-. The van der Waals surface area contributed by atoms with Gasteiger partial charge in [-0.25, -0.2) is 0 Å². The van der Waals surface area contributed by atoms with Crippen molar-refractivity contribution in [1.29, 1.82) is 0 Å². The fourth-order valence-electron chi connectivity index (χ4n) is 0.698. The lowest BCUT2D eigenvalue weighted by Gasteiger charge is -2.19. The highest BCUT2D eigenvalue weighted by Gasteiger charge is 2.16. The molecule has 4 nitrogen and oxygen atoms in total. The molecular weight excluding hydrogens is 172 g/mol. The van der Waals surface area contributed by atoms with Crippen LogP contribution in [0.2, 0.25) is 0 Å². The lowest BCUT2D eigenvalue weighted by Crippen LogP contribution is -2.24. The highest BCUT2D eigenvalue weighted by molar-refractivity contribution is 5.67. The summed E-state index contributed by atoms with van der Waals surface area (Å²) in [5.74, 6) is -0.785. The topological polar surface area (TPSA) is 52.6 Å². The Morgan fingerprint density at radius 2 is 1.69 bits per heavy atom. The van der Waals surface area contributed by atoms with Gasteiger partial charge in [0.15, 0.2) is 0 Å². The van der Waals surface area contributed by atoms with Crippen LogP contribution in [-0.2, 0) is 19.1 Å². The molecule has 0 unspecified atom stereocenters. The first-order valence-corrected chi connectivity index (χ1v) is 3.88. The van der Waals surface area contributed by atoms with Gasteiger partial charge in [-0.2, -0.15) is 0 Å². The minimum atomic E-state index is -0.749. The van der Waals surface area contributed by atoms with Gasteiger partial charge in [0, 0.05) is 13.8 Å². The second-order valence-corrected chi connectivity index (χ2v) is 3.11. The number of carbonyl (C=O) groups excluding carboxylic acids is 2. The fraction of sp³-hybridized carbons (Fsp3) is 0.556. The van der Waals surface area contributed by atoms with E-state index < -0.39 is 11.6 Å². The Kier molecular flexibility index (Phi) is 4.17. The Bertz CT molecular complexity index is 228. The minimum Gasteiger partial charge on any atom is -0.455 e. The third-order valence-corrected chi connectivity index (χ3v) is 1.11. The molecule has 13 heavy (non-hydrogen) atoms. The van der Waals surface area contributed by atoms with E-state index in [2.05, 4.69) is 4.74 Å². The van der Waals surface area contributed by atoms with Gasteiger partial charge in [0.05, 0.1) is 6.26 Å². The Labute approximate surface area is 77.5 Å². The molecule has 0 bridgehead atoms. The van der Waals surface area contributed by atoms with Crippen LogP contribution in [0.25, 0.3) is 0 Å². The molecule has 0 aliphatic heterocycles. The first-order valence-electron chi connectivity index (χ1n) is 3.88. The molecule has 0 fully saturated rings. The summed E-state index contributed by atoms with van der Waals surface area (Å²) in [6.07, 6.45) is 2.71. The molecule has 0 aromatic rings. The van der Waals surface area contributed by atoms with E-state index in [0.29, 0.717) is 0 Å². The summed E-state index contributed by atoms with van der Waals surface area (Å²) in [4.78, 5) is 21.0. The summed E-state index contributed by atoms with van der Waals surface area (Å²) in [6, 6.07) is 0. The van der Waals surface area contributed by atoms with E-state index in [1.165, 1.54) is 26.2 Å². The van der Waals surface area contributed by atoms with Crippen LogP contribution in [0.1, 0.15) is 27.7 Å². The molecule has 0 N–H and O–H groups in total. The van der Waals surface area contributed by atoms with Gasteiger partial charge in [-0.15, -0.1) is 0 Å². The van der Waals surface area contributed by atoms with Crippen LogP contribution in [0, 0.1) is 0 Å². The molecule has 0 spiro atoms. The molecule has 0 saturated heterocycles. The normalized spacial score (nSPS) is 11.4. The number of hydrogen-bond donors (Lipinski definition) is 0. The van der Waals surface area contributed by atoms with Gasteiger partial charge >= 0.3 is 11.9 Å². The lowest BCUT2D eigenvalue weighted by atomic mass is 10.1. The van der Waals surface area contributed by atoms with Crippen molar-refractivity contribution in [3.05, 3.63) is 12.3 Å². The maximum atomic E-state index is 10.6. The molecule has 0 aliphatic rings. The number of rotatable bonds is 3. The zero-order valence-electron chi connectivity index (χ0n) is 8.29. The second kappa shape index (κ2) is 4.64. The van der Waals surface area contributed by atoms with E-state index in [4.69, 9.17) is 4.74 Å². The first-order chi connectivity index (χ1) is 5.83. The molecule has 0 atom stereocenters. The maximum absolute atomic E-state index is 10.6. The van der Waals surface area contributed by atoms with E-state index in [0.717, 1.165) is 0 Å². The van der Waals surface area contributed by atoms with Crippen LogP contribution < -0.4 is 0 Å². The molecule has 0 aliphatic carbocycles. The summed E-state index contributed by atoms with van der Waals surface area (Å²) < 4.78 is 9.45. The number of carbonyl (C=O) groups is 2. The molecule has 74 valence electrons. The molecular formula is C9H14O4. The zero-order chi connectivity index (χ0) is 10.5. The molecule has 0 heterocycles. The number of esters is 2. The maximum Gasteiger partial charge on any atom is 0.307 e. The third-order valence-electron chi connectivity index (χ3n) is 1.11. The quantitative estimate of drug-likeness (QED) is 0.494. The number of hydrogen-bond acceptors (Lipinski definition) is 4.